The molecule has 0 atom stereocenters. The lowest BCUT2D eigenvalue weighted by molar-refractivity contribution is 0.331. The van der Waals surface area contributed by atoms with Crippen molar-refractivity contribution in [3.63, 3.8) is 0 Å². The Labute approximate surface area is 130 Å². The molecule has 0 aliphatic carbocycles. The maximum Gasteiger partial charge on any atom is 0.244 e. The predicted molar refractivity (Wildman–Crippen MR) is 83.3 cm³/mol. The Morgan fingerprint density at radius 1 is 1.23 bits per heavy atom. The molecule has 0 fully saturated rings. The topological polar surface area (TPSA) is 81.2 Å². The first-order chi connectivity index (χ1) is 10.5. The molecule has 22 heavy (non-hydrogen) atoms. The van der Waals surface area contributed by atoms with Crippen LogP contribution in [0.15, 0.2) is 41.8 Å². The van der Waals surface area contributed by atoms with E-state index in [0.29, 0.717) is 18.8 Å². The summed E-state index contributed by atoms with van der Waals surface area (Å²) in [5.74, 6) is 0.364. The molecule has 0 bridgehead atoms. The van der Waals surface area contributed by atoms with E-state index in [1.165, 1.54) is 6.33 Å². The largest absolute Gasteiger partial charge is 0.492 e. The highest BCUT2D eigenvalue weighted by Gasteiger charge is 2.19. The van der Waals surface area contributed by atoms with Crippen molar-refractivity contribution in [3.8, 4) is 5.75 Å². The van der Waals surface area contributed by atoms with Gasteiger partial charge in [0.25, 0.3) is 0 Å². The number of hydrogen-bond donors (Lipinski definition) is 1. The third-order valence-electron chi connectivity index (χ3n) is 3.01. The van der Waals surface area contributed by atoms with E-state index in [1.807, 2.05) is 19.9 Å². The molecule has 2 aromatic rings. The van der Waals surface area contributed by atoms with E-state index < -0.39 is 10.0 Å². The van der Waals surface area contributed by atoms with Crippen molar-refractivity contribution >= 4 is 10.0 Å². The van der Waals surface area contributed by atoms with Crippen molar-refractivity contribution in [1.82, 2.24) is 14.7 Å². The third-order valence-corrected chi connectivity index (χ3v) is 4.49. The fourth-order valence-electron chi connectivity index (χ4n) is 1.97. The number of rotatable bonds is 7. The van der Waals surface area contributed by atoms with E-state index in [9.17, 15) is 8.42 Å². The first-order valence-corrected chi connectivity index (χ1v) is 8.48. The molecule has 0 unspecified atom stereocenters. The van der Waals surface area contributed by atoms with Crippen molar-refractivity contribution in [3.05, 3.63) is 48.0 Å². The molecular weight excluding hydrogens is 302 g/mol. The highest BCUT2D eigenvalue weighted by atomic mass is 32.2. The highest BCUT2D eigenvalue weighted by Crippen LogP contribution is 2.24. The number of hydrogen-bond acceptors (Lipinski definition) is 5. The van der Waals surface area contributed by atoms with Crippen LogP contribution < -0.4 is 9.46 Å². The van der Waals surface area contributed by atoms with Gasteiger partial charge in [-0.3, -0.25) is 0 Å². The van der Waals surface area contributed by atoms with Gasteiger partial charge in [0.05, 0.1) is 6.61 Å². The Balaban J connectivity index is 2.11. The van der Waals surface area contributed by atoms with Crippen LogP contribution in [0.5, 0.6) is 5.75 Å². The summed E-state index contributed by atoms with van der Waals surface area (Å²) in [5.41, 5.74) is 1.74. The van der Waals surface area contributed by atoms with E-state index in [0.717, 1.165) is 11.1 Å². The summed E-state index contributed by atoms with van der Waals surface area (Å²) < 4.78 is 32.9. The zero-order chi connectivity index (χ0) is 16.0. The van der Waals surface area contributed by atoms with Gasteiger partial charge in [0.15, 0.2) is 0 Å². The van der Waals surface area contributed by atoms with Crippen LogP contribution in [-0.2, 0) is 16.4 Å². The standard InChI is InChI=1S/C15H19N3O3S/c1-3-21-14-5-4-12(2)8-15(14)22(19,20)18-7-6-13-9-16-11-17-10-13/h4-5,8-11,18H,3,6-7H2,1-2H3. The van der Waals surface area contributed by atoms with Gasteiger partial charge in [0.2, 0.25) is 10.0 Å². The number of aryl methyl sites for hydroxylation is 1. The second-order valence-electron chi connectivity index (χ2n) is 4.78. The molecular formula is C15H19N3O3S. The van der Waals surface area contributed by atoms with Gasteiger partial charge in [0.1, 0.15) is 17.0 Å². The summed E-state index contributed by atoms with van der Waals surface area (Å²) in [4.78, 5) is 7.96. The maximum atomic E-state index is 12.4. The minimum absolute atomic E-state index is 0.165. The van der Waals surface area contributed by atoms with Crippen LogP contribution in [0.3, 0.4) is 0 Å². The van der Waals surface area contributed by atoms with Crippen molar-refractivity contribution < 1.29 is 13.2 Å². The highest BCUT2D eigenvalue weighted by molar-refractivity contribution is 7.89. The summed E-state index contributed by atoms with van der Waals surface area (Å²) in [6.07, 6.45) is 5.30. The predicted octanol–water partition coefficient (Wildman–Crippen LogP) is 1.70. The molecule has 2 rings (SSSR count). The number of benzene rings is 1. The van der Waals surface area contributed by atoms with Gasteiger partial charge < -0.3 is 4.74 Å². The van der Waals surface area contributed by atoms with Gasteiger partial charge in [-0.05, 0) is 43.5 Å². The minimum atomic E-state index is -3.62. The fraction of sp³-hybridized carbons (Fsp3) is 0.333. The Morgan fingerprint density at radius 2 is 1.95 bits per heavy atom. The minimum Gasteiger partial charge on any atom is -0.492 e. The van der Waals surface area contributed by atoms with Crippen molar-refractivity contribution in [2.45, 2.75) is 25.2 Å². The zero-order valence-corrected chi connectivity index (χ0v) is 13.4. The number of ether oxygens (including phenoxy) is 1. The number of aromatic nitrogens is 2. The van der Waals surface area contributed by atoms with Gasteiger partial charge in [0, 0.05) is 18.9 Å². The summed E-state index contributed by atoms with van der Waals surface area (Å²) in [6, 6.07) is 5.11. The molecule has 0 amide bonds. The smallest absolute Gasteiger partial charge is 0.244 e. The molecule has 0 aliphatic heterocycles. The molecule has 0 saturated carbocycles. The van der Waals surface area contributed by atoms with E-state index in [2.05, 4.69) is 14.7 Å². The average Bonchev–Trinajstić information content (AvgIpc) is 2.50. The molecule has 0 aliphatic rings. The third kappa shape index (κ3) is 4.25. The van der Waals surface area contributed by atoms with Crippen LogP contribution in [0.1, 0.15) is 18.1 Å². The number of nitrogens with zero attached hydrogens (tertiary/aromatic N) is 2. The molecule has 1 aromatic heterocycles. The molecule has 0 saturated heterocycles. The Kier molecular flexibility index (Phi) is 5.46. The van der Waals surface area contributed by atoms with Crippen molar-refractivity contribution in [1.29, 1.82) is 0 Å². The first-order valence-electron chi connectivity index (χ1n) is 7.00. The second-order valence-corrected chi connectivity index (χ2v) is 6.51. The first kappa shape index (κ1) is 16.4. The molecule has 1 heterocycles. The summed E-state index contributed by atoms with van der Waals surface area (Å²) in [7, 11) is -3.62. The normalized spacial score (nSPS) is 11.4. The fourth-order valence-corrected chi connectivity index (χ4v) is 3.23. The Bertz CT molecular complexity index is 718. The van der Waals surface area contributed by atoms with Crippen LogP contribution in [0, 0.1) is 6.92 Å². The lowest BCUT2D eigenvalue weighted by Gasteiger charge is -2.12. The quantitative estimate of drug-likeness (QED) is 0.839. The van der Waals surface area contributed by atoms with Crippen molar-refractivity contribution in [2.75, 3.05) is 13.2 Å². The van der Waals surface area contributed by atoms with Crippen LogP contribution in [0.2, 0.25) is 0 Å². The van der Waals surface area contributed by atoms with E-state index in [4.69, 9.17) is 4.74 Å². The van der Waals surface area contributed by atoms with Crippen molar-refractivity contribution in [2.24, 2.45) is 0 Å². The summed E-state index contributed by atoms with van der Waals surface area (Å²) in [6.45, 7) is 4.34. The lowest BCUT2D eigenvalue weighted by Crippen LogP contribution is -2.26. The molecule has 1 N–H and O–H groups in total. The molecule has 1 aromatic carbocycles. The summed E-state index contributed by atoms with van der Waals surface area (Å²) in [5, 5.41) is 0. The van der Waals surface area contributed by atoms with Gasteiger partial charge in [-0.2, -0.15) is 0 Å². The molecule has 7 heteroatoms. The number of sulfonamides is 1. The summed E-state index contributed by atoms with van der Waals surface area (Å²) >= 11 is 0. The van der Waals surface area contributed by atoms with Gasteiger partial charge in [-0.15, -0.1) is 0 Å². The lowest BCUT2D eigenvalue weighted by atomic mass is 10.2. The van der Waals surface area contributed by atoms with E-state index in [-0.39, 0.29) is 11.4 Å². The van der Waals surface area contributed by atoms with Crippen LogP contribution in [0.4, 0.5) is 0 Å². The second kappa shape index (κ2) is 7.33. The van der Waals surface area contributed by atoms with Gasteiger partial charge in [-0.25, -0.2) is 23.1 Å². The van der Waals surface area contributed by atoms with E-state index in [1.54, 1.807) is 24.5 Å². The monoisotopic (exact) mass is 321 g/mol. The van der Waals surface area contributed by atoms with Crippen LogP contribution >= 0.6 is 0 Å². The van der Waals surface area contributed by atoms with Gasteiger partial charge >= 0.3 is 0 Å². The molecule has 6 nitrogen and oxygen atoms in total. The molecule has 118 valence electrons. The van der Waals surface area contributed by atoms with Crippen LogP contribution in [0.25, 0.3) is 0 Å². The Morgan fingerprint density at radius 3 is 2.64 bits per heavy atom. The average molecular weight is 321 g/mol. The Hall–Kier alpha value is -1.99. The maximum absolute atomic E-state index is 12.4. The van der Waals surface area contributed by atoms with Gasteiger partial charge in [-0.1, -0.05) is 6.07 Å². The molecule has 0 radical (unpaired) electrons. The number of nitrogens with one attached hydrogen (secondary N) is 1. The van der Waals surface area contributed by atoms with Crippen LogP contribution in [-0.4, -0.2) is 31.5 Å². The zero-order valence-electron chi connectivity index (χ0n) is 12.6. The SMILES string of the molecule is CCOc1ccc(C)cc1S(=O)(=O)NCCc1cncnc1. The molecule has 0 spiro atoms. The van der Waals surface area contributed by atoms with E-state index >= 15 is 0 Å².